The van der Waals surface area contributed by atoms with E-state index in [-0.39, 0.29) is 16.5 Å². The Hall–Kier alpha value is -6.96. The summed E-state index contributed by atoms with van der Waals surface area (Å²) in [5, 5.41) is 0.517. The molecular weight excluding hydrogens is 641 g/mol. The maximum absolute atomic E-state index is 9.89. The second-order valence-electron chi connectivity index (χ2n) is 12.6. The predicted octanol–water partition coefficient (Wildman–Crippen LogP) is 14.9. The second kappa shape index (κ2) is 11.8. The van der Waals surface area contributed by atoms with Gasteiger partial charge in [0.15, 0.2) is 0 Å². The summed E-state index contributed by atoms with van der Waals surface area (Å²) < 4.78 is 179. The molecule has 0 radical (unpaired) electrons. The van der Waals surface area contributed by atoms with Crippen LogP contribution in [-0.2, 0) is 0 Å². The molecule has 0 atom stereocenters. The Morgan fingerprint density at radius 1 is 0.321 bits per heavy atom. The van der Waals surface area contributed by atoms with Gasteiger partial charge in [0.2, 0.25) is 0 Å². The van der Waals surface area contributed by atoms with E-state index in [9.17, 15) is 11.0 Å². The minimum Gasteiger partial charge on any atom is -0.456 e. The van der Waals surface area contributed by atoms with Crippen LogP contribution >= 0.6 is 0 Å². The normalized spacial score (nSPS) is 16.8. The highest BCUT2D eigenvalue weighted by atomic mass is 16.3. The van der Waals surface area contributed by atoms with Gasteiger partial charge in [-0.3, -0.25) is 0 Å². The van der Waals surface area contributed by atoms with Crippen molar-refractivity contribution in [3.05, 3.63) is 194 Å². The standard InChI is InChI=1S/C52H32O/c1-2-14-34(15-3-1)51-44-20-8-10-22-46(44)52(47-23-11-9-21-45(47)51)48-30-29-39(40-18-6-7-19-41(40)48)36-26-28-43-42-27-25-35(31-49(42)53-50(43)32-36)38-24-12-16-33-13-4-5-17-37(33)38/h1-32H/i1D,2D,3D,6D,7D,8D,9D,10D,11D,14D,15D,18D,19D,20D,21D,22D,23D,29D,30D. The monoisotopic (exact) mass is 691 g/mol. The third-order valence-corrected chi connectivity index (χ3v) is 9.74. The molecule has 0 N–H and O–H groups in total. The summed E-state index contributed by atoms with van der Waals surface area (Å²) in [5.74, 6) is 0. The van der Waals surface area contributed by atoms with Crippen LogP contribution in [0.1, 0.15) is 26.0 Å². The van der Waals surface area contributed by atoms with Crippen LogP contribution in [0.15, 0.2) is 198 Å². The number of furan rings is 1. The Kier molecular flexibility index (Phi) is 3.69. The van der Waals surface area contributed by atoms with E-state index in [0.717, 1.165) is 27.3 Å². The Labute approximate surface area is 333 Å². The molecule has 0 unspecified atom stereocenters. The topological polar surface area (TPSA) is 13.1 Å². The van der Waals surface area contributed by atoms with Gasteiger partial charge in [-0.15, -0.1) is 0 Å². The van der Waals surface area contributed by atoms with Gasteiger partial charge >= 0.3 is 0 Å². The van der Waals surface area contributed by atoms with E-state index in [4.69, 9.17) is 19.5 Å². The Balaban J connectivity index is 1.29. The summed E-state index contributed by atoms with van der Waals surface area (Å²) in [5.41, 5.74) is 0.494. The van der Waals surface area contributed by atoms with E-state index < -0.39 is 164 Å². The molecular formula is C52H32O. The van der Waals surface area contributed by atoms with E-state index in [0.29, 0.717) is 16.6 Å². The van der Waals surface area contributed by atoms with Crippen molar-refractivity contribution in [2.75, 3.05) is 0 Å². The fourth-order valence-electron chi connectivity index (χ4n) is 7.42. The van der Waals surface area contributed by atoms with Gasteiger partial charge in [0.25, 0.3) is 0 Å². The van der Waals surface area contributed by atoms with E-state index >= 15 is 0 Å². The van der Waals surface area contributed by atoms with Crippen LogP contribution < -0.4 is 0 Å². The van der Waals surface area contributed by atoms with Gasteiger partial charge in [0.1, 0.15) is 11.2 Å². The Morgan fingerprint density at radius 2 is 0.830 bits per heavy atom. The van der Waals surface area contributed by atoms with Crippen LogP contribution in [0.4, 0.5) is 0 Å². The maximum Gasteiger partial charge on any atom is 0.136 e. The molecule has 1 heterocycles. The van der Waals surface area contributed by atoms with Crippen molar-refractivity contribution >= 4 is 65.0 Å². The molecule has 53 heavy (non-hydrogen) atoms. The summed E-state index contributed by atoms with van der Waals surface area (Å²) in [6.07, 6.45) is 0. The van der Waals surface area contributed by atoms with Crippen molar-refractivity contribution in [1.82, 2.24) is 0 Å². The van der Waals surface area contributed by atoms with Crippen molar-refractivity contribution in [2.24, 2.45) is 0 Å². The summed E-state index contributed by atoms with van der Waals surface area (Å²) in [6.45, 7) is 0. The summed E-state index contributed by atoms with van der Waals surface area (Å²) in [6, 6.07) is 9.31. The minimum absolute atomic E-state index is 0.141. The molecule has 0 saturated heterocycles. The highest BCUT2D eigenvalue weighted by Gasteiger charge is 2.19. The molecule has 0 amide bonds. The van der Waals surface area contributed by atoms with Gasteiger partial charge in [-0.1, -0.05) is 169 Å². The highest BCUT2D eigenvalue weighted by molar-refractivity contribution is 6.24. The second-order valence-corrected chi connectivity index (χ2v) is 12.6. The number of hydrogen-bond acceptors (Lipinski definition) is 1. The quantitative estimate of drug-likeness (QED) is 0.167. The predicted molar refractivity (Wildman–Crippen MR) is 225 cm³/mol. The molecule has 10 aromatic carbocycles. The van der Waals surface area contributed by atoms with Crippen molar-refractivity contribution in [2.45, 2.75) is 0 Å². The first kappa shape index (κ1) is 16.6. The molecule has 1 aromatic heterocycles. The first-order chi connectivity index (χ1) is 34.2. The van der Waals surface area contributed by atoms with Crippen molar-refractivity contribution in [3.8, 4) is 44.5 Å². The van der Waals surface area contributed by atoms with Gasteiger partial charge in [-0.05, 0) is 112 Å². The molecule has 11 aromatic rings. The van der Waals surface area contributed by atoms with Crippen molar-refractivity contribution in [3.63, 3.8) is 0 Å². The van der Waals surface area contributed by atoms with Crippen molar-refractivity contribution in [1.29, 1.82) is 0 Å². The van der Waals surface area contributed by atoms with Crippen LogP contribution in [0, 0.1) is 0 Å². The Bertz CT molecular complexity index is 4220. The molecule has 1 heteroatoms. The lowest BCUT2D eigenvalue weighted by Gasteiger charge is -2.19. The van der Waals surface area contributed by atoms with Gasteiger partial charge in [0, 0.05) is 10.8 Å². The average Bonchev–Trinajstić information content (AvgIpc) is 3.75. The fraction of sp³-hybridized carbons (Fsp3) is 0. The van der Waals surface area contributed by atoms with Crippen LogP contribution in [0.25, 0.3) is 110 Å². The molecule has 11 rings (SSSR count). The van der Waals surface area contributed by atoms with Crippen LogP contribution in [-0.4, -0.2) is 0 Å². The zero-order valence-corrected chi connectivity index (χ0v) is 27.4. The third kappa shape index (κ3) is 4.64. The van der Waals surface area contributed by atoms with Gasteiger partial charge in [0.05, 0.1) is 26.0 Å². The number of hydrogen-bond donors (Lipinski definition) is 0. The molecule has 0 spiro atoms. The minimum atomic E-state index is -0.871. The largest absolute Gasteiger partial charge is 0.456 e. The first-order valence-corrected chi connectivity index (χ1v) is 16.7. The van der Waals surface area contributed by atoms with Crippen LogP contribution in [0.2, 0.25) is 0 Å². The highest BCUT2D eigenvalue weighted by Crippen LogP contribution is 2.47. The lowest BCUT2D eigenvalue weighted by Crippen LogP contribution is -1.92. The molecule has 1 nitrogen and oxygen atoms in total. The molecule has 246 valence electrons. The molecule has 0 fully saturated rings. The summed E-state index contributed by atoms with van der Waals surface area (Å²) in [7, 11) is 0. The lowest BCUT2D eigenvalue weighted by atomic mass is 9.84. The number of rotatable bonds is 4. The lowest BCUT2D eigenvalue weighted by molar-refractivity contribution is 0.669. The maximum atomic E-state index is 9.89. The molecule has 0 aliphatic heterocycles. The van der Waals surface area contributed by atoms with Crippen molar-refractivity contribution < 1.29 is 30.5 Å². The zero-order valence-electron chi connectivity index (χ0n) is 46.4. The molecule has 0 aliphatic rings. The zero-order chi connectivity index (χ0) is 51.4. The van der Waals surface area contributed by atoms with Gasteiger partial charge < -0.3 is 4.42 Å². The van der Waals surface area contributed by atoms with E-state index in [1.54, 1.807) is 18.2 Å². The molecule has 0 bridgehead atoms. The fourth-order valence-corrected chi connectivity index (χ4v) is 7.42. The van der Waals surface area contributed by atoms with Gasteiger partial charge in [-0.2, -0.15) is 0 Å². The first-order valence-electron chi connectivity index (χ1n) is 26.2. The summed E-state index contributed by atoms with van der Waals surface area (Å²) in [4.78, 5) is 0. The average molecular weight is 692 g/mol. The van der Waals surface area contributed by atoms with Crippen LogP contribution in [0.3, 0.4) is 0 Å². The molecule has 0 saturated carbocycles. The smallest absolute Gasteiger partial charge is 0.136 e. The van der Waals surface area contributed by atoms with Gasteiger partial charge in [-0.25, -0.2) is 0 Å². The third-order valence-electron chi connectivity index (χ3n) is 9.74. The Morgan fingerprint density at radius 3 is 1.49 bits per heavy atom. The summed E-state index contributed by atoms with van der Waals surface area (Å²) >= 11 is 0. The number of fused-ring (bicyclic) bond motifs is 7. The number of benzene rings is 10. The van der Waals surface area contributed by atoms with E-state index in [2.05, 4.69) is 0 Å². The van der Waals surface area contributed by atoms with E-state index in [1.807, 2.05) is 60.7 Å². The SMILES string of the molecule is [2H]c1c([2H])c([2H])c(-c2c3c([2H])c([2H])c([2H])c([2H])c3c(-c3c([2H])c([2H])c(-c4ccc5c(c4)oc4cc(-c6cccc7ccccc67)ccc45)c4c([2H])c([2H])c([2H])c([2H])c34)c3c([2H])c([2H])c([2H])c([2H])c23)c([2H])c1[2H]. The molecule has 0 aliphatic carbocycles. The van der Waals surface area contributed by atoms with E-state index in [1.165, 1.54) is 0 Å². The van der Waals surface area contributed by atoms with Crippen LogP contribution in [0.5, 0.6) is 0 Å².